The summed E-state index contributed by atoms with van der Waals surface area (Å²) in [7, 11) is 0. The SMILES string of the molecule is C=CC(=O)C(=C)c1ccc2ccc(SC(C)=O)cc2c1. The van der Waals surface area contributed by atoms with Crippen molar-refractivity contribution in [3.63, 3.8) is 0 Å². The molecule has 0 spiro atoms. The van der Waals surface area contributed by atoms with Crippen molar-refractivity contribution in [3.05, 3.63) is 61.2 Å². The first-order chi connectivity index (χ1) is 9.51. The maximum atomic E-state index is 11.6. The highest BCUT2D eigenvalue weighted by Gasteiger charge is 2.07. The van der Waals surface area contributed by atoms with Crippen LogP contribution in [0.15, 0.2) is 60.5 Å². The molecule has 2 nitrogen and oxygen atoms in total. The van der Waals surface area contributed by atoms with E-state index in [1.807, 2.05) is 36.4 Å². The number of carbonyl (C=O) groups is 2. The maximum absolute atomic E-state index is 11.6. The molecule has 0 bridgehead atoms. The maximum Gasteiger partial charge on any atom is 0.190 e. The molecule has 0 heterocycles. The number of carbonyl (C=O) groups excluding carboxylic acids is 2. The van der Waals surface area contributed by atoms with Gasteiger partial charge >= 0.3 is 0 Å². The Morgan fingerprint density at radius 2 is 1.80 bits per heavy atom. The Balaban J connectivity index is 2.46. The average Bonchev–Trinajstić information content (AvgIpc) is 2.44. The molecule has 0 aliphatic rings. The lowest BCUT2D eigenvalue weighted by molar-refractivity contribution is -0.110. The van der Waals surface area contributed by atoms with Crippen LogP contribution in [-0.2, 0) is 9.59 Å². The first-order valence-corrected chi connectivity index (χ1v) is 6.91. The first kappa shape index (κ1) is 14.3. The van der Waals surface area contributed by atoms with Crippen LogP contribution in [0.4, 0.5) is 0 Å². The molecule has 20 heavy (non-hydrogen) atoms. The van der Waals surface area contributed by atoms with Gasteiger partial charge in [0.15, 0.2) is 10.9 Å². The van der Waals surface area contributed by atoms with Crippen molar-refractivity contribution in [2.45, 2.75) is 11.8 Å². The first-order valence-electron chi connectivity index (χ1n) is 6.09. The number of rotatable bonds is 4. The molecule has 2 rings (SSSR count). The number of hydrogen-bond acceptors (Lipinski definition) is 3. The minimum absolute atomic E-state index is 0.0479. The van der Waals surface area contributed by atoms with Gasteiger partial charge in [-0.05, 0) is 40.6 Å². The zero-order chi connectivity index (χ0) is 14.7. The molecule has 3 heteroatoms. The number of allylic oxidation sites excluding steroid dienone is 2. The Bertz CT molecular complexity index is 729. The summed E-state index contributed by atoms with van der Waals surface area (Å²) < 4.78 is 0. The summed E-state index contributed by atoms with van der Waals surface area (Å²) in [5.74, 6) is -0.182. The van der Waals surface area contributed by atoms with Gasteiger partial charge in [0.25, 0.3) is 0 Å². The second-order valence-electron chi connectivity index (χ2n) is 4.36. The van der Waals surface area contributed by atoms with Gasteiger partial charge in [0, 0.05) is 17.4 Å². The van der Waals surface area contributed by atoms with Gasteiger partial charge in [0.05, 0.1) is 0 Å². The third-order valence-corrected chi connectivity index (χ3v) is 3.68. The Morgan fingerprint density at radius 1 is 1.10 bits per heavy atom. The van der Waals surface area contributed by atoms with E-state index in [4.69, 9.17) is 0 Å². The van der Waals surface area contributed by atoms with E-state index >= 15 is 0 Å². The summed E-state index contributed by atoms with van der Waals surface area (Å²) in [4.78, 5) is 23.6. The van der Waals surface area contributed by atoms with E-state index < -0.39 is 0 Å². The molecule has 100 valence electrons. The van der Waals surface area contributed by atoms with Crippen molar-refractivity contribution in [2.24, 2.45) is 0 Å². The summed E-state index contributed by atoms with van der Waals surface area (Å²) in [6, 6.07) is 11.5. The number of hydrogen-bond donors (Lipinski definition) is 0. The van der Waals surface area contributed by atoms with Crippen LogP contribution in [0.5, 0.6) is 0 Å². The normalized spacial score (nSPS) is 10.2. The lowest BCUT2D eigenvalue weighted by Gasteiger charge is -2.06. The van der Waals surface area contributed by atoms with E-state index in [9.17, 15) is 9.59 Å². The lowest BCUT2D eigenvalue weighted by Crippen LogP contribution is -1.95. The smallest absolute Gasteiger partial charge is 0.190 e. The molecule has 0 aromatic heterocycles. The fourth-order valence-electron chi connectivity index (χ4n) is 1.91. The van der Waals surface area contributed by atoms with Gasteiger partial charge in [-0.2, -0.15) is 0 Å². The number of thioether (sulfide) groups is 1. The summed E-state index contributed by atoms with van der Waals surface area (Å²) in [6.45, 7) is 8.80. The second kappa shape index (κ2) is 5.88. The van der Waals surface area contributed by atoms with Crippen LogP contribution < -0.4 is 0 Å². The lowest BCUT2D eigenvalue weighted by atomic mass is 10.00. The van der Waals surface area contributed by atoms with Crippen molar-refractivity contribution in [1.29, 1.82) is 0 Å². The second-order valence-corrected chi connectivity index (χ2v) is 5.61. The van der Waals surface area contributed by atoms with Gasteiger partial charge in [-0.1, -0.05) is 43.1 Å². The third kappa shape index (κ3) is 3.06. The molecular formula is C17H14O2S. The summed E-state index contributed by atoms with van der Waals surface area (Å²) in [6.07, 6.45) is 1.26. The molecule has 0 N–H and O–H groups in total. The zero-order valence-corrected chi connectivity index (χ0v) is 12.0. The Kier molecular flexibility index (Phi) is 4.20. The van der Waals surface area contributed by atoms with Gasteiger partial charge in [-0.25, -0.2) is 0 Å². The van der Waals surface area contributed by atoms with Crippen molar-refractivity contribution in [3.8, 4) is 0 Å². The number of ketones is 1. The quantitative estimate of drug-likeness (QED) is 0.621. The topological polar surface area (TPSA) is 34.1 Å². The minimum atomic E-state index is -0.182. The molecule has 0 amide bonds. The number of fused-ring (bicyclic) bond motifs is 1. The van der Waals surface area contributed by atoms with E-state index in [-0.39, 0.29) is 10.9 Å². The Morgan fingerprint density at radius 3 is 2.45 bits per heavy atom. The van der Waals surface area contributed by atoms with Gasteiger partial charge in [-0.15, -0.1) is 0 Å². The molecule has 2 aromatic rings. The highest BCUT2D eigenvalue weighted by Crippen LogP contribution is 2.26. The molecule has 0 radical (unpaired) electrons. The van der Waals surface area contributed by atoms with Crippen molar-refractivity contribution in [1.82, 2.24) is 0 Å². The predicted octanol–water partition coefficient (Wildman–Crippen LogP) is 4.25. The third-order valence-electron chi connectivity index (χ3n) is 2.90. The molecule has 0 fully saturated rings. The predicted molar refractivity (Wildman–Crippen MR) is 84.7 cm³/mol. The van der Waals surface area contributed by atoms with Crippen LogP contribution in [0.2, 0.25) is 0 Å². The molecule has 0 unspecified atom stereocenters. The molecule has 0 atom stereocenters. The zero-order valence-electron chi connectivity index (χ0n) is 11.2. The molecular weight excluding hydrogens is 268 g/mol. The van der Waals surface area contributed by atoms with Crippen LogP contribution >= 0.6 is 11.8 Å². The number of benzene rings is 2. The standard InChI is InChI=1S/C17H14O2S/c1-4-17(19)11(2)14-6-5-13-7-8-16(20-12(3)18)10-15(13)9-14/h4-10H,1-2H2,3H3. The van der Waals surface area contributed by atoms with Crippen LogP contribution in [0.3, 0.4) is 0 Å². The molecule has 0 saturated carbocycles. The van der Waals surface area contributed by atoms with E-state index in [1.54, 1.807) is 0 Å². The van der Waals surface area contributed by atoms with Crippen molar-refractivity contribution in [2.75, 3.05) is 0 Å². The van der Waals surface area contributed by atoms with Crippen LogP contribution in [0.25, 0.3) is 16.3 Å². The van der Waals surface area contributed by atoms with Crippen LogP contribution in [-0.4, -0.2) is 10.9 Å². The largest absolute Gasteiger partial charge is 0.289 e. The van der Waals surface area contributed by atoms with Gasteiger partial charge < -0.3 is 0 Å². The highest BCUT2D eigenvalue weighted by molar-refractivity contribution is 8.13. The van der Waals surface area contributed by atoms with Gasteiger partial charge in [-0.3, -0.25) is 9.59 Å². The van der Waals surface area contributed by atoms with Crippen molar-refractivity contribution < 1.29 is 9.59 Å². The Labute approximate surface area is 122 Å². The fourth-order valence-corrected chi connectivity index (χ4v) is 2.56. The Hall–Kier alpha value is -2.13. The highest BCUT2D eigenvalue weighted by atomic mass is 32.2. The van der Waals surface area contributed by atoms with E-state index in [0.29, 0.717) is 5.57 Å². The van der Waals surface area contributed by atoms with E-state index in [1.165, 1.54) is 24.8 Å². The summed E-state index contributed by atoms with van der Waals surface area (Å²) in [5, 5.41) is 2.08. The molecule has 0 aliphatic carbocycles. The van der Waals surface area contributed by atoms with Gasteiger partial charge in [0.2, 0.25) is 0 Å². The van der Waals surface area contributed by atoms with Crippen LogP contribution in [0, 0.1) is 0 Å². The molecule has 2 aromatic carbocycles. The molecule has 0 saturated heterocycles. The molecule has 0 aliphatic heterocycles. The van der Waals surface area contributed by atoms with Crippen molar-refractivity contribution >= 4 is 39.0 Å². The van der Waals surface area contributed by atoms with Gasteiger partial charge in [0.1, 0.15) is 0 Å². The van der Waals surface area contributed by atoms with E-state index in [0.717, 1.165) is 21.2 Å². The average molecular weight is 282 g/mol. The summed E-state index contributed by atoms with van der Waals surface area (Å²) in [5.41, 5.74) is 1.19. The monoisotopic (exact) mass is 282 g/mol. The minimum Gasteiger partial charge on any atom is -0.289 e. The van der Waals surface area contributed by atoms with Crippen LogP contribution in [0.1, 0.15) is 12.5 Å². The summed E-state index contributed by atoms with van der Waals surface area (Å²) >= 11 is 1.19. The fraction of sp³-hybridized carbons (Fsp3) is 0.0588. The van der Waals surface area contributed by atoms with E-state index in [2.05, 4.69) is 13.2 Å².